The van der Waals surface area contributed by atoms with Crippen molar-refractivity contribution in [2.45, 2.75) is 51.4 Å². The Kier molecular flexibility index (Phi) is 7.95. The molecule has 32 heavy (non-hydrogen) atoms. The fraction of sp³-hybridized carbons (Fsp3) is 0.440. The molecule has 5 nitrogen and oxygen atoms in total. The van der Waals surface area contributed by atoms with Gasteiger partial charge in [0.15, 0.2) is 9.54 Å². The summed E-state index contributed by atoms with van der Waals surface area (Å²) in [5, 5.41) is 9.08. The molecule has 7 heteroatoms. The highest BCUT2D eigenvalue weighted by Gasteiger charge is 2.19. The number of aromatic amines is 4. The summed E-state index contributed by atoms with van der Waals surface area (Å²) in [7, 11) is 0. The van der Waals surface area contributed by atoms with Crippen LogP contribution in [0.2, 0.25) is 0 Å². The van der Waals surface area contributed by atoms with E-state index >= 15 is 0 Å². The molecule has 0 radical (unpaired) electrons. The molecule has 0 amide bonds. The lowest BCUT2D eigenvalue weighted by molar-refractivity contribution is 0.310. The van der Waals surface area contributed by atoms with Gasteiger partial charge in [0.2, 0.25) is 0 Å². The SMILES string of the molecule is OCC1=CCCC(Cc2c[nH]c(=S)[nH]2)C1.S=c1[nH]cc(CC2CCc3ccccc3C2)[nH]1. The Morgan fingerprint density at radius 3 is 2.06 bits per heavy atom. The van der Waals surface area contributed by atoms with Crippen molar-refractivity contribution in [2.75, 3.05) is 6.61 Å². The van der Waals surface area contributed by atoms with Crippen LogP contribution in [-0.2, 0) is 25.7 Å². The fourth-order valence-electron chi connectivity index (χ4n) is 4.91. The van der Waals surface area contributed by atoms with Gasteiger partial charge in [-0.2, -0.15) is 0 Å². The maximum Gasteiger partial charge on any atom is 0.174 e. The van der Waals surface area contributed by atoms with E-state index in [4.69, 9.17) is 29.5 Å². The molecule has 170 valence electrons. The molecule has 0 aliphatic heterocycles. The van der Waals surface area contributed by atoms with E-state index in [9.17, 15) is 0 Å². The van der Waals surface area contributed by atoms with Crippen LogP contribution in [0.1, 0.15) is 48.2 Å². The zero-order valence-corrected chi connectivity index (χ0v) is 20.0. The smallest absolute Gasteiger partial charge is 0.174 e. The van der Waals surface area contributed by atoms with E-state index in [0.29, 0.717) is 10.7 Å². The van der Waals surface area contributed by atoms with E-state index in [1.165, 1.54) is 53.8 Å². The molecule has 1 aromatic carbocycles. The lowest BCUT2D eigenvalue weighted by Gasteiger charge is -2.23. The van der Waals surface area contributed by atoms with Crippen molar-refractivity contribution in [3.63, 3.8) is 0 Å². The highest BCUT2D eigenvalue weighted by Crippen LogP contribution is 2.28. The van der Waals surface area contributed by atoms with Crippen LogP contribution in [0.15, 0.2) is 48.3 Å². The summed E-state index contributed by atoms with van der Waals surface area (Å²) in [5.74, 6) is 1.38. The van der Waals surface area contributed by atoms with Gasteiger partial charge in [0, 0.05) is 23.8 Å². The third-order valence-corrected chi connectivity index (χ3v) is 6.97. The molecule has 0 saturated heterocycles. The lowest BCUT2D eigenvalue weighted by Crippen LogP contribution is -2.16. The molecule has 2 atom stereocenters. The zero-order chi connectivity index (χ0) is 22.3. The number of hydrogen-bond donors (Lipinski definition) is 5. The second-order valence-electron chi connectivity index (χ2n) is 8.99. The molecule has 3 aromatic rings. The molecule has 0 bridgehead atoms. The highest BCUT2D eigenvalue weighted by atomic mass is 32.1. The van der Waals surface area contributed by atoms with Gasteiger partial charge in [-0.05, 0) is 104 Å². The Bertz CT molecular complexity index is 1150. The predicted octanol–water partition coefficient (Wildman–Crippen LogP) is 5.75. The Morgan fingerprint density at radius 1 is 0.844 bits per heavy atom. The summed E-state index contributed by atoms with van der Waals surface area (Å²) in [6, 6.07) is 8.81. The van der Waals surface area contributed by atoms with Gasteiger partial charge < -0.3 is 25.0 Å². The number of allylic oxidation sites excluding steroid dienone is 1. The number of H-pyrrole nitrogens is 4. The largest absolute Gasteiger partial charge is 0.392 e. The predicted molar refractivity (Wildman–Crippen MR) is 134 cm³/mol. The van der Waals surface area contributed by atoms with Crippen molar-refractivity contribution in [1.29, 1.82) is 0 Å². The first-order valence-electron chi connectivity index (χ1n) is 11.5. The molecular formula is C25H32N4OS2. The number of nitrogens with one attached hydrogen (secondary N) is 4. The van der Waals surface area contributed by atoms with Crippen molar-refractivity contribution in [1.82, 2.24) is 19.9 Å². The summed E-state index contributed by atoms with van der Waals surface area (Å²) in [6.45, 7) is 0.208. The molecule has 2 unspecified atom stereocenters. The number of fused-ring (bicyclic) bond motifs is 1. The molecule has 0 spiro atoms. The molecule has 0 saturated carbocycles. The van der Waals surface area contributed by atoms with Gasteiger partial charge >= 0.3 is 0 Å². The van der Waals surface area contributed by atoms with Crippen LogP contribution in [0.3, 0.4) is 0 Å². The van der Waals surface area contributed by atoms with Crippen LogP contribution in [0.4, 0.5) is 0 Å². The number of benzene rings is 1. The minimum atomic E-state index is 0.208. The van der Waals surface area contributed by atoms with Gasteiger partial charge in [0.05, 0.1) is 6.61 Å². The van der Waals surface area contributed by atoms with Crippen LogP contribution >= 0.6 is 24.4 Å². The number of imidazole rings is 2. The maximum atomic E-state index is 9.08. The van der Waals surface area contributed by atoms with E-state index in [2.05, 4.69) is 50.3 Å². The molecule has 2 aliphatic carbocycles. The van der Waals surface area contributed by atoms with Crippen LogP contribution in [0.5, 0.6) is 0 Å². The standard InChI is InChI=1S/C14H16N2S.C11H16N2OS/c17-14-15-9-13(16-14)8-10-5-6-11-3-1-2-4-12(11)7-10;14-7-9-3-1-2-8(4-9)5-10-6-12-11(15)13-10/h1-4,9-10H,5-8H2,(H2,15,16,17);3,6,8,14H,1-2,4-5,7H2,(H2,12,13,15). The minimum absolute atomic E-state index is 0.208. The topological polar surface area (TPSA) is 83.4 Å². The van der Waals surface area contributed by atoms with Gasteiger partial charge in [0.25, 0.3) is 0 Å². The van der Waals surface area contributed by atoms with Crippen LogP contribution in [-0.4, -0.2) is 31.6 Å². The molecule has 5 rings (SSSR count). The Labute approximate surface area is 199 Å². The zero-order valence-electron chi connectivity index (χ0n) is 18.3. The van der Waals surface area contributed by atoms with Gasteiger partial charge in [-0.1, -0.05) is 30.3 Å². The van der Waals surface area contributed by atoms with Gasteiger partial charge in [-0.25, -0.2) is 0 Å². The third-order valence-electron chi connectivity index (χ3n) is 6.53. The number of aliphatic hydroxyl groups is 1. The number of aliphatic hydroxyl groups excluding tert-OH is 1. The van der Waals surface area contributed by atoms with E-state index in [1.54, 1.807) is 0 Å². The summed E-state index contributed by atoms with van der Waals surface area (Å²) >= 11 is 10.0. The number of aromatic nitrogens is 4. The van der Waals surface area contributed by atoms with Gasteiger partial charge in [0.1, 0.15) is 0 Å². The van der Waals surface area contributed by atoms with Crippen molar-refractivity contribution in [3.8, 4) is 0 Å². The van der Waals surface area contributed by atoms with E-state index < -0.39 is 0 Å². The first-order chi connectivity index (χ1) is 15.6. The normalized spacial score (nSPS) is 20.1. The highest BCUT2D eigenvalue weighted by molar-refractivity contribution is 7.71. The average molecular weight is 469 g/mol. The molecule has 2 heterocycles. The number of hydrogen-bond acceptors (Lipinski definition) is 3. The Balaban J connectivity index is 0.000000155. The Morgan fingerprint density at radius 2 is 1.47 bits per heavy atom. The van der Waals surface area contributed by atoms with E-state index in [1.807, 2.05) is 12.4 Å². The van der Waals surface area contributed by atoms with E-state index in [-0.39, 0.29) is 6.61 Å². The van der Waals surface area contributed by atoms with E-state index in [0.717, 1.165) is 36.4 Å². The minimum Gasteiger partial charge on any atom is -0.392 e. The monoisotopic (exact) mass is 468 g/mol. The second-order valence-corrected chi connectivity index (χ2v) is 9.81. The van der Waals surface area contributed by atoms with Gasteiger partial charge in [-0.15, -0.1) is 0 Å². The van der Waals surface area contributed by atoms with Crippen molar-refractivity contribution >= 4 is 24.4 Å². The molecule has 5 N–H and O–H groups in total. The van der Waals surface area contributed by atoms with Gasteiger partial charge in [-0.3, -0.25) is 0 Å². The fourth-order valence-corrected chi connectivity index (χ4v) is 5.29. The quantitative estimate of drug-likeness (QED) is 0.244. The molecular weight excluding hydrogens is 436 g/mol. The summed E-state index contributed by atoms with van der Waals surface area (Å²) in [5.41, 5.74) is 6.65. The summed E-state index contributed by atoms with van der Waals surface area (Å²) in [4.78, 5) is 12.4. The second kappa shape index (κ2) is 11.1. The Hall–Kier alpha value is -2.22. The van der Waals surface area contributed by atoms with Crippen LogP contribution in [0, 0.1) is 21.4 Å². The molecule has 2 aromatic heterocycles. The molecule has 0 fully saturated rings. The first kappa shape index (κ1) is 23.0. The number of aryl methyl sites for hydroxylation is 1. The first-order valence-corrected chi connectivity index (χ1v) is 12.3. The lowest BCUT2D eigenvalue weighted by atomic mass is 9.82. The maximum absolute atomic E-state index is 9.08. The average Bonchev–Trinajstić information content (AvgIpc) is 3.41. The van der Waals surface area contributed by atoms with Crippen LogP contribution in [0.25, 0.3) is 0 Å². The number of rotatable bonds is 5. The van der Waals surface area contributed by atoms with Crippen molar-refractivity contribution in [2.24, 2.45) is 11.8 Å². The van der Waals surface area contributed by atoms with Crippen molar-refractivity contribution in [3.05, 3.63) is 80.4 Å². The summed E-state index contributed by atoms with van der Waals surface area (Å²) < 4.78 is 1.43. The third kappa shape index (κ3) is 6.40. The van der Waals surface area contributed by atoms with Crippen molar-refractivity contribution < 1.29 is 5.11 Å². The van der Waals surface area contributed by atoms with Crippen LogP contribution < -0.4 is 0 Å². The summed E-state index contributed by atoms with van der Waals surface area (Å²) in [6.07, 6.45) is 15.2. The molecule has 2 aliphatic rings.